The third-order valence-electron chi connectivity index (χ3n) is 2.81. The Morgan fingerprint density at radius 2 is 1.80 bits per heavy atom. The third kappa shape index (κ3) is 2.97. The van der Waals surface area contributed by atoms with E-state index in [-0.39, 0.29) is 15.1 Å². The summed E-state index contributed by atoms with van der Waals surface area (Å²) in [5.41, 5.74) is 2.69. The minimum atomic E-state index is -0.887. The molecule has 1 atom stereocenters. The Balaban J connectivity index is 2.58. The van der Waals surface area contributed by atoms with E-state index < -0.39 is 17.7 Å². The van der Waals surface area contributed by atoms with E-state index in [9.17, 15) is 8.78 Å². The van der Waals surface area contributed by atoms with Gasteiger partial charge in [0.1, 0.15) is 11.6 Å². The van der Waals surface area contributed by atoms with Crippen LogP contribution in [0.4, 0.5) is 8.78 Å². The molecule has 20 heavy (non-hydrogen) atoms. The Kier molecular flexibility index (Phi) is 4.99. The molecule has 2 aromatic carbocycles. The first kappa shape index (κ1) is 15.7. The minimum Gasteiger partial charge on any atom is -0.271 e. The van der Waals surface area contributed by atoms with Gasteiger partial charge in [-0.25, -0.2) is 14.2 Å². The van der Waals surface area contributed by atoms with Crippen molar-refractivity contribution >= 4 is 39.1 Å². The number of nitrogens with two attached hydrogens (primary N) is 1. The van der Waals surface area contributed by atoms with Crippen LogP contribution in [0.3, 0.4) is 0 Å². The van der Waals surface area contributed by atoms with Crippen LogP contribution in [-0.2, 0) is 0 Å². The summed E-state index contributed by atoms with van der Waals surface area (Å²) in [6.07, 6.45) is 0. The lowest BCUT2D eigenvalue weighted by atomic mass is 9.98. The zero-order chi connectivity index (χ0) is 14.9. The predicted molar refractivity (Wildman–Crippen MR) is 79.7 cm³/mol. The second kappa shape index (κ2) is 6.37. The monoisotopic (exact) mass is 380 g/mol. The molecule has 2 aromatic rings. The number of hydrazine groups is 1. The maximum atomic E-state index is 14.1. The Morgan fingerprint density at radius 1 is 1.10 bits per heavy atom. The topological polar surface area (TPSA) is 38.0 Å². The summed E-state index contributed by atoms with van der Waals surface area (Å²) < 4.78 is 28.2. The zero-order valence-electron chi connectivity index (χ0n) is 9.93. The van der Waals surface area contributed by atoms with Gasteiger partial charge in [-0.2, -0.15) is 0 Å². The first-order chi connectivity index (χ1) is 9.45. The van der Waals surface area contributed by atoms with Gasteiger partial charge in [0.2, 0.25) is 0 Å². The maximum absolute atomic E-state index is 14.1. The Morgan fingerprint density at radius 3 is 2.40 bits per heavy atom. The number of hydrogen-bond donors (Lipinski definition) is 2. The van der Waals surface area contributed by atoms with Crippen LogP contribution in [0.5, 0.6) is 0 Å². The van der Waals surface area contributed by atoms with Gasteiger partial charge in [-0.3, -0.25) is 5.84 Å². The molecule has 7 heteroatoms. The van der Waals surface area contributed by atoms with Crippen molar-refractivity contribution in [2.75, 3.05) is 0 Å². The van der Waals surface area contributed by atoms with Crippen molar-refractivity contribution in [1.82, 2.24) is 5.43 Å². The summed E-state index contributed by atoms with van der Waals surface area (Å²) in [6.45, 7) is 0. The molecule has 3 N–H and O–H groups in total. The van der Waals surface area contributed by atoms with Crippen molar-refractivity contribution in [3.8, 4) is 0 Å². The van der Waals surface area contributed by atoms with Crippen molar-refractivity contribution in [1.29, 1.82) is 0 Å². The standard InChI is InChI=1S/C13H9BrCl2F2N2/c14-7-2-4-10(17)11(12(7)18)13(20-19)6-1-3-8(15)9(16)5-6/h1-5,13,20H,19H2. The molecule has 0 aliphatic heterocycles. The highest BCUT2D eigenvalue weighted by Gasteiger charge is 2.23. The Labute approximate surface area is 133 Å². The van der Waals surface area contributed by atoms with Crippen LogP contribution in [0, 0.1) is 11.6 Å². The molecule has 0 saturated heterocycles. The second-order valence-electron chi connectivity index (χ2n) is 4.03. The van der Waals surface area contributed by atoms with Crippen molar-refractivity contribution < 1.29 is 8.78 Å². The van der Waals surface area contributed by atoms with Gasteiger partial charge in [0.15, 0.2) is 0 Å². The molecule has 2 rings (SSSR count). The quantitative estimate of drug-likeness (QED) is 0.463. The number of rotatable bonds is 3. The summed E-state index contributed by atoms with van der Waals surface area (Å²) >= 11 is 14.8. The van der Waals surface area contributed by atoms with Crippen LogP contribution < -0.4 is 11.3 Å². The molecule has 0 radical (unpaired) electrons. The van der Waals surface area contributed by atoms with E-state index in [0.717, 1.165) is 6.07 Å². The van der Waals surface area contributed by atoms with Crippen molar-refractivity contribution in [2.24, 2.45) is 5.84 Å². The third-order valence-corrected chi connectivity index (χ3v) is 4.16. The van der Waals surface area contributed by atoms with Crippen molar-refractivity contribution in [3.05, 3.63) is 67.6 Å². The lowest BCUT2D eigenvalue weighted by Crippen LogP contribution is -2.30. The fourth-order valence-corrected chi connectivity index (χ4v) is 2.50. The highest BCUT2D eigenvalue weighted by atomic mass is 79.9. The Bertz CT molecular complexity index is 653. The van der Waals surface area contributed by atoms with Gasteiger partial charge in [-0.1, -0.05) is 29.3 Å². The second-order valence-corrected chi connectivity index (χ2v) is 5.70. The normalized spacial score (nSPS) is 12.5. The van der Waals surface area contributed by atoms with Crippen LogP contribution in [0.1, 0.15) is 17.2 Å². The summed E-state index contributed by atoms with van der Waals surface area (Å²) in [6, 6.07) is 6.20. The lowest BCUT2D eigenvalue weighted by Gasteiger charge is -2.19. The molecular formula is C13H9BrCl2F2N2. The van der Waals surface area contributed by atoms with Gasteiger partial charge in [-0.05, 0) is 45.8 Å². The van der Waals surface area contributed by atoms with Gasteiger partial charge < -0.3 is 0 Å². The van der Waals surface area contributed by atoms with Crippen molar-refractivity contribution in [2.45, 2.75) is 6.04 Å². The summed E-state index contributed by atoms with van der Waals surface area (Å²) in [5.74, 6) is 4.01. The fourth-order valence-electron chi connectivity index (χ4n) is 1.85. The van der Waals surface area contributed by atoms with Crippen LogP contribution in [0.2, 0.25) is 10.0 Å². The highest BCUT2D eigenvalue weighted by Crippen LogP contribution is 2.33. The van der Waals surface area contributed by atoms with Gasteiger partial charge in [0, 0.05) is 5.56 Å². The molecule has 2 nitrogen and oxygen atoms in total. The largest absolute Gasteiger partial charge is 0.271 e. The summed E-state index contributed by atoms with van der Waals surface area (Å²) in [5, 5.41) is 0.626. The van der Waals surface area contributed by atoms with Crippen LogP contribution in [-0.4, -0.2) is 0 Å². The van der Waals surface area contributed by atoms with E-state index in [2.05, 4.69) is 21.4 Å². The molecule has 0 saturated carbocycles. The Hall–Kier alpha value is -0.720. The number of benzene rings is 2. The molecule has 0 spiro atoms. The molecule has 106 valence electrons. The number of nitrogens with one attached hydrogen (secondary N) is 1. The van der Waals surface area contributed by atoms with E-state index in [1.54, 1.807) is 6.07 Å². The fraction of sp³-hybridized carbons (Fsp3) is 0.0769. The summed E-state index contributed by atoms with van der Waals surface area (Å²) in [7, 11) is 0. The van der Waals surface area contributed by atoms with E-state index in [4.69, 9.17) is 29.0 Å². The molecule has 0 aliphatic rings. The SMILES string of the molecule is NNC(c1ccc(Cl)c(Cl)c1)c1c(F)ccc(Br)c1F. The van der Waals surface area contributed by atoms with E-state index >= 15 is 0 Å². The average Bonchev–Trinajstić information content (AvgIpc) is 2.42. The molecule has 0 aliphatic carbocycles. The highest BCUT2D eigenvalue weighted by molar-refractivity contribution is 9.10. The first-order valence-electron chi connectivity index (χ1n) is 5.50. The van der Waals surface area contributed by atoms with Crippen LogP contribution >= 0.6 is 39.1 Å². The summed E-state index contributed by atoms with van der Waals surface area (Å²) in [4.78, 5) is 0. The average molecular weight is 382 g/mol. The first-order valence-corrected chi connectivity index (χ1v) is 7.05. The van der Waals surface area contributed by atoms with Crippen LogP contribution in [0.25, 0.3) is 0 Å². The van der Waals surface area contributed by atoms with Gasteiger partial charge in [0.05, 0.1) is 20.6 Å². The molecule has 0 fully saturated rings. The van der Waals surface area contributed by atoms with E-state index in [1.165, 1.54) is 18.2 Å². The van der Waals surface area contributed by atoms with E-state index in [1.807, 2.05) is 0 Å². The van der Waals surface area contributed by atoms with Gasteiger partial charge >= 0.3 is 0 Å². The molecular weight excluding hydrogens is 373 g/mol. The van der Waals surface area contributed by atoms with Gasteiger partial charge in [-0.15, -0.1) is 0 Å². The van der Waals surface area contributed by atoms with Gasteiger partial charge in [0.25, 0.3) is 0 Å². The molecule has 0 heterocycles. The zero-order valence-corrected chi connectivity index (χ0v) is 13.0. The molecule has 0 bridgehead atoms. The predicted octanol–water partition coefficient (Wildman–Crippen LogP) is 4.59. The molecule has 0 amide bonds. The van der Waals surface area contributed by atoms with Crippen molar-refractivity contribution in [3.63, 3.8) is 0 Å². The maximum Gasteiger partial charge on any atom is 0.145 e. The number of halogens is 5. The smallest absolute Gasteiger partial charge is 0.145 e. The number of hydrogen-bond acceptors (Lipinski definition) is 2. The van der Waals surface area contributed by atoms with E-state index in [0.29, 0.717) is 10.6 Å². The minimum absolute atomic E-state index is 0.147. The lowest BCUT2D eigenvalue weighted by molar-refractivity contribution is 0.507. The molecule has 1 unspecified atom stereocenters. The van der Waals surface area contributed by atoms with Crippen LogP contribution in [0.15, 0.2) is 34.8 Å². The molecule has 0 aromatic heterocycles.